The lowest BCUT2D eigenvalue weighted by Gasteiger charge is -2.40. The Kier molecular flexibility index (Phi) is 8.07. The van der Waals surface area contributed by atoms with E-state index in [-0.39, 0.29) is 9.92 Å². The largest absolute Gasteiger partial charge is 0.493 e. The minimum Gasteiger partial charge on any atom is -0.493 e. The summed E-state index contributed by atoms with van der Waals surface area (Å²) in [5.74, 6) is 0.888. The second-order valence-corrected chi connectivity index (χ2v) is 13.8. The molecule has 1 heterocycles. The number of sulfonamides is 1. The minimum atomic E-state index is -3.95. The molecule has 39 heavy (non-hydrogen) atoms. The van der Waals surface area contributed by atoms with Gasteiger partial charge in [0.15, 0.2) is 0 Å². The van der Waals surface area contributed by atoms with Crippen LogP contribution in [0.25, 0.3) is 0 Å². The quantitative estimate of drug-likeness (QED) is 0.295. The van der Waals surface area contributed by atoms with E-state index in [4.69, 9.17) is 44.5 Å². The first-order valence-corrected chi connectivity index (χ1v) is 15.1. The fourth-order valence-corrected chi connectivity index (χ4v) is 6.99. The zero-order chi connectivity index (χ0) is 28.8. The molecule has 0 saturated heterocycles. The van der Waals surface area contributed by atoms with Gasteiger partial charge in [0.2, 0.25) is 10.0 Å². The van der Waals surface area contributed by atoms with Crippen molar-refractivity contribution in [2.24, 2.45) is 4.99 Å². The van der Waals surface area contributed by atoms with Crippen LogP contribution < -0.4 is 14.8 Å². The van der Waals surface area contributed by atoms with Crippen molar-refractivity contribution in [3.8, 4) is 5.75 Å². The highest BCUT2D eigenvalue weighted by molar-refractivity contribution is 7.89. The SMILES string of the molecule is CCOc1cc(Cl)c(S(=O)(=O)NC(C)(C)C)cc1C1=N[C@@](C)(c2ccc(Cl)cc2)[C@](C)(c2ccc(Cl)cc2)N1. The van der Waals surface area contributed by atoms with Crippen molar-refractivity contribution in [1.29, 1.82) is 0 Å². The van der Waals surface area contributed by atoms with Gasteiger partial charge in [0, 0.05) is 21.7 Å². The summed E-state index contributed by atoms with van der Waals surface area (Å²) in [6, 6.07) is 18.2. The summed E-state index contributed by atoms with van der Waals surface area (Å²) in [5, 5.41) is 4.89. The van der Waals surface area contributed by atoms with E-state index >= 15 is 0 Å². The maximum Gasteiger partial charge on any atom is 0.242 e. The average molecular weight is 609 g/mol. The highest BCUT2D eigenvalue weighted by atomic mass is 35.5. The molecule has 2 N–H and O–H groups in total. The van der Waals surface area contributed by atoms with E-state index in [0.717, 1.165) is 11.1 Å². The maximum absolute atomic E-state index is 13.3. The van der Waals surface area contributed by atoms with E-state index in [1.165, 1.54) is 12.1 Å². The van der Waals surface area contributed by atoms with Gasteiger partial charge in [0.1, 0.15) is 22.0 Å². The first-order chi connectivity index (χ1) is 18.1. The van der Waals surface area contributed by atoms with Crippen LogP contribution in [0.2, 0.25) is 15.1 Å². The number of amidine groups is 1. The molecular weight excluding hydrogens is 577 g/mol. The predicted molar refractivity (Wildman–Crippen MR) is 160 cm³/mol. The molecule has 6 nitrogen and oxygen atoms in total. The third-order valence-electron chi connectivity index (χ3n) is 6.82. The third kappa shape index (κ3) is 5.79. The fourth-order valence-electron chi connectivity index (χ4n) is 4.77. The lowest BCUT2D eigenvalue weighted by Crippen LogP contribution is -2.50. The molecule has 0 aliphatic carbocycles. The summed E-state index contributed by atoms with van der Waals surface area (Å²) in [4.78, 5) is 5.14. The zero-order valence-corrected chi connectivity index (χ0v) is 25.8. The Morgan fingerprint density at radius 2 is 1.46 bits per heavy atom. The molecule has 208 valence electrons. The number of halogens is 3. The Labute approximate surface area is 245 Å². The molecular formula is C29H32Cl3N3O3S. The average Bonchev–Trinajstić information content (AvgIpc) is 3.10. The third-order valence-corrected chi connectivity index (χ3v) is 9.55. The molecule has 0 spiro atoms. The van der Waals surface area contributed by atoms with Crippen molar-refractivity contribution in [2.75, 3.05) is 6.61 Å². The number of aliphatic imine (C=N–C) groups is 1. The van der Waals surface area contributed by atoms with Gasteiger partial charge in [-0.2, -0.15) is 0 Å². The van der Waals surface area contributed by atoms with Crippen molar-refractivity contribution in [1.82, 2.24) is 10.0 Å². The van der Waals surface area contributed by atoms with Gasteiger partial charge in [-0.3, -0.25) is 4.99 Å². The summed E-state index contributed by atoms with van der Waals surface area (Å²) in [5.41, 5.74) is 0.0513. The molecule has 3 aromatic carbocycles. The van der Waals surface area contributed by atoms with E-state index in [0.29, 0.717) is 33.8 Å². The van der Waals surface area contributed by atoms with Crippen molar-refractivity contribution < 1.29 is 13.2 Å². The van der Waals surface area contributed by atoms with E-state index < -0.39 is 26.6 Å². The molecule has 0 amide bonds. The van der Waals surface area contributed by atoms with E-state index in [2.05, 4.69) is 17.0 Å². The molecule has 0 bridgehead atoms. The van der Waals surface area contributed by atoms with E-state index in [1.54, 1.807) is 20.8 Å². The molecule has 0 fully saturated rings. The van der Waals surface area contributed by atoms with Crippen molar-refractivity contribution in [3.63, 3.8) is 0 Å². The van der Waals surface area contributed by atoms with E-state index in [1.807, 2.05) is 62.4 Å². The Morgan fingerprint density at radius 3 is 1.97 bits per heavy atom. The second kappa shape index (κ2) is 10.6. The summed E-state index contributed by atoms with van der Waals surface area (Å²) < 4.78 is 35.3. The van der Waals surface area contributed by atoms with Gasteiger partial charge in [0.25, 0.3) is 0 Å². The van der Waals surface area contributed by atoms with Crippen LogP contribution >= 0.6 is 34.8 Å². The zero-order valence-electron chi connectivity index (χ0n) is 22.7. The number of ether oxygens (including phenoxy) is 1. The summed E-state index contributed by atoms with van der Waals surface area (Å²) in [6.45, 7) is 11.6. The van der Waals surface area contributed by atoms with Crippen molar-refractivity contribution in [2.45, 2.75) is 63.1 Å². The van der Waals surface area contributed by atoms with Crippen LogP contribution in [0.4, 0.5) is 0 Å². The highest BCUT2D eigenvalue weighted by Gasteiger charge is 2.52. The number of hydrogen-bond donors (Lipinski definition) is 2. The Hall–Kier alpha value is -2.29. The van der Waals surface area contributed by atoms with Crippen LogP contribution in [0.1, 0.15) is 58.2 Å². The molecule has 0 radical (unpaired) electrons. The summed E-state index contributed by atoms with van der Waals surface area (Å²) >= 11 is 18.9. The number of hydrogen-bond acceptors (Lipinski definition) is 5. The van der Waals surface area contributed by atoms with Gasteiger partial charge in [-0.05, 0) is 83.0 Å². The van der Waals surface area contributed by atoms with Crippen LogP contribution in [0.15, 0.2) is 70.6 Å². The molecule has 0 aromatic heterocycles. The van der Waals surface area contributed by atoms with Crippen LogP contribution in [0.3, 0.4) is 0 Å². The molecule has 10 heteroatoms. The Balaban J connectivity index is 1.95. The Morgan fingerprint density at radius 1 is 0.923 bits per heavy atom. The standard InChI is InChI=1S/C29H32Cl3N3O3S/c1-7-38-24-17-23(32)25(39(36,37)35-27(2,3)4)16-22(24)26-33-28(5,18-8-12-20(30)13-9-18)29(6,34-26)19-10-14-21(31)15-11-19/h8-17,35H,7H2,1-6H3,(H,33,34)/t28-,29-/m0/s1. The number of rotatable bonds is 7. The van der Waals surface area contributed by atoms with Gasteiger partial charge in [-0.1, -0.05) is 59.1 Å². The normalized spacial score (nSPS) is 21.4. The molecule has 0 unspecified atom stereocenters. The van der Waals surface area contributed by atoms with Crippen molar-refractivity contribution in [3.05, 3.63) is 92.4 Å². The maximum atomic E-state index is 13.3. The predicted octanol–water partition coefficient (Wildman–Crippen LogP) is 7.30. The first-order valence-electron chi connectivity index (χ1n) is 12.5. The van der Waals surface area contributed by atoms with E-state index in [9.17, 15) is 8.42 Å². The summed E-state index contributed by atoms with van der Waals surface area (Å²) in [7, 11) is -3.95. The molecule has 1 aliphatic heterocycles. The van der Waals surface area contributed by atoms with Crippen LogP contribution in [0, 0.1) is 0 Å². The lowest BCUT2D eigenvalue weighted by atomic mass is 9.72. The molecule has 3 aromatic rings. The number of benzene rings is 3. The minimum absolute atomic E-state index is 0.0541. The van der Waals surface area contributed by atoms with Crippen LogP contribution in [0.5, 0.6) is 5.75 Å². The summed E-state index contributed by atoms with van der Waals surface area (Å²) in [6.07, 6.45) is 0. The van der Waals surface area contributed by atoms with Gasteiger partial charge in [-0.15, -0.1) is 0 Å². The van der Waals surface area contributed by atoms with Crippen molar-refractivity contribution >= 4 is 50.7 Å². The monoisotopic (exact) mass is 607 g/mol. The topological polar surface area (TPSA) is 79.8 Å². The molecule has 0 saturated carbocycles. The lowest BCUT2D eigenvalue weighted by molar-refractivity contribution is 0.268. The highest BCUT2D eigenvalue weighted by Crippen LogP contribution is 2.48. The van der Waals surface area contributed by atoms with Crippen LogP contribution in [-0.4, -0.2) is 26.4 Å². The smallest absolute Gasteiger partial charge is 0.242 e. The Bertz CT molecular complexity index is 1520. The molecule has 2 atom stereocenters. The second-order valence-electron chi connectivity index (χ2n) is 10.9. The number of nitrogens with one attached hydrogen (secondary N) is 2. The number of nitrogens with zero attached hydrogens (tertiary/aromatic N) is 1. The van der Waals surface area contributed by atoms with Gasteiger partial charge >= 0.3 is 0 Å². The fraction of sp³-hybridized carbons (Fsp3) is 0.345. The molecule has 1 aliphatic rings. The van der Waals surface area contributed by atoms with Gasteiger partial charge in [-0.25, -0.2) is 13.1 Å². The molecule has 4 rings (SSSR count). The van der Waals surface area contributed by atoms with Gasteiger partial charge < -0.3 is 10.1 Å². The van der Waals surface area contributed by atoms with Gasteiger partial charge in [0.05, 0.1) is 22.7 Å². The first kappa shape index (κ1) is 29.7. The van der Waals surface area contributed by atoms with Crippen LogP contribution in [-0.2, 0) is 21.1 Å².